The molecule has 0 saturated carbocycles. The van der Waals surface area contributed by atoms with Gasteiger partial charge in [0.05, 0.1) is 6.61 Å². The average molecular weight is 245 g/mol. The maximum absolute atomic E-state index is 5.81. The van der Waals surface area contributed by atoms with Gasteiger partial charge in [-0.3, -0.25) is 0 Å². The Morgan fingerprint density at radius 1 is 1.22 bits per heavy atom. The highest BCUT2D eigenvalue weighted by molar-refractivity contribution is 5.39. The molecule has 1 heteroatoms. The molecule has 0 amide bonds. The number of ether oxygens (including phenoxy) is 1. The van der Waals surface area contributed by atoms with E-state index < -0.39 is 0 Å². The minimum absolute atomic E-state index is 0.122. The van der Waals surface area contributed by atoms with E-state index in [1.165, 1.54) is 11.1 Å². The molecule has 0 aromatic heterocycles. The van der Waals surface area contributed by atoms with Gasteiger partial charge in [0, 0.05) is 5.92 Å². The zero-order chi connectivity index (χ0) is 13.5. The predicted octanol–water partition coefficient (Wildman–Crippen LogP) is 5.09. The number of unbranched alkanes of at least 4 members (excludes halogenated alkanes) is 1. The molecule has 1 aromatic rings. The molecule has 1 rings (SSSR count). The number of allylic oxidation sites excluding steroid dienone is 1. The molecule has 1 atom stereocenters. The van der Waals surface area contributed by atoms with Gasteiger partial charge in [0.15, 0.2) is 0 Å². The third kappa shape index (κ3) is 4.21. The van der Waals surface area contributed by atoms with Crippen LogP contribution >= 0.6 is 0 Å². The minimum atomic E-state index is 0.122. The smallest absolute Gasteiger partial charge is 0.119 e. The molecule has 0 fully saturated rings. The van der Waals surface area contributed by atoms with E-state index in [4.69, 9.17) is 4.74 Å². The van der Waals surface area contributed by atoms with Crippen molar-refractivity contribution in [3.05, 3.63) is 48.9 Å². The lowest BCUT2D eigenvalue weighted by Crippen LogP contribution is -2.00. The van der Waals surface area contributed by atoms with E-state index >= 15 is 0 Å². The van der Waals surface area contributed by atoms with Crippen LogP contribution in [0.2, 0.25) is 0 Å². The summed E-state index contributed by atoms with van der Waals surface area (Å²) in [6.07, 6.45) is 4.12. The lowest BCUT2D eigenvalue weighted by Gasteiger charge is -2.15. The van der Waals surface area contributed by atoms with E-state index in [2.05, 4.69) is 52.5 Å². The second-order valence-corrected chi connectivity index (χ2v) is 5.03. The molecular formula is C17H25O. The molecule has 0 saturated heterocycles. The molecule has 0 bridgehead atoms. The SMILES string of the molecule is [CH2]C(C=C)c1cc(OCCCC)cc(C(C)C)c1. The quantitative estimate of drug-likeness (QED) is 0.480. The van der Waals surface area contributed by atoms with Crippen LogP contribution in [0.3, 0.4) is 0 Å². The summed E-state index contributed by atoms with van der Waals surface area (Å²) in [6.45, 7) is 15.2. The Balaban J connectivity index is 2.94. The van der Waals surface area contributed by atoms with Crippen LogP contribution in [0, 0.1) is 6.92 Å². The Morgan fingerprint density at radius 3 is 2.44 bits per heavy atom. The zero-order valence-electron chi connectivity index (χ0n) is 11.9. The standard InChI is InChI=1S/C17H25O/c1-6-8-9-18-17-11-15(13(3)4)10-16(12-17)14(5)7-2/h7,10-14H,2,5-6,8-9H2,1,3-4H3. The van der Waals surface area contributed by atoms with Crippen molar-refractivity contribution in [2.75, 3.05) is 6.61 Å². The van der Waals surface area contributed by atoms with E-state index in [1.54, 1.807) is 0 Å². The van der Waals surface area contributed by atoms with Crippen molar-refractivity contribution in [1.82, 2.24) is 0 Å². The lowest BCUT2D eigenvalue weighted by molar-refractivity contribution is 0.308. The average Bonchev–Trinajstić information content (AvgIpc) is 2.37. The van der Waals surface area contributed by atoms with Crippen LogP contribution in [0.5, 0.6) is 5.75 Å². The molecule has 0 spiro atoms. The highest BCUT2D eigenvalue weighted by atomic mass is 16.5. The largest absolute Gasteiger partial charge is 0.494 e. The van der Waals surface area contributed by atoms with Crippen molar-refractivity contribution >= 4 is 0 Å². The van der Waals surface area contributed by atoms with E-state index in [9.17, 15) is 0 Å². The predicted molar refractivity (Wildman–Crippen MR) is 79.2 cm³/mol. The third-order valence-corrected chi connectivity index (χ3v) is 3.10. The topological polar surface area (TPSA) is 9.23 Å². The first-order valence-corrected chi connectivity index (χ1v) is 6.81. The summed E-state index contributed by atoms with van der Waals surface area (Å²) in [6, 6.07) is 6.43. The summed E-state index contributed by atoms with van der Waals surface area (Å²) < 4.78 is 5.81. The van der Waals surface area contributed by atoms with Crippen LogP contribution in [-0.4, -0.2) is 6.61 Å². The summed E-state index contributed by atoms with van der Waals surface area (Å²) in [4.78, 5) is 0. The van der Waals surface area contributed by atoms with Crippen LogP contribution in [0.1, 0.15) is 56.6 Å². The van der Waals surface area contributed by atoms with Crippen molar-refractivity contribution in [2.45, 2.75) is 45.4 Å². The van der Waals surface area contributed by atoms with Crippen molar-refractivity contribution in [1.29, 1.82) is 0 Å². The van der Waals surface area contributed by atoms with Crippen molar-refractivity contribution in [3.8, 4) is 5.75 Å². The van der Waals surface area contributed by atoms with Crippen LogP contribution in [0.15, 0.2) is 30.9 Å². The van der Waals surface area contributed by atoms with Gasteiger partial charge in [-0.15, -0.1) is 6.58 Å². The molecule has 99 valence electrons. The monoisotopic (exact) mass is 245 g/mol. The van der Waals surface area contributed by atoms with Crippen LogP contribution in [0.25, 0.3) is 0 Å². The van der Waals surface area contributed by atoms with Gasteiger partial charge in [-0.25, -0.2) is 0 Å². The van der Waals surface area contributed by atoms with Gasteiger partial charge >= 0.3 is 0 Å². The van der Waals surface area contributed by atoms with Gasteiger partial charge in [-0.2, -0.15) is 0 Å². The number of benzene rings is 1. The Bertz CT molecular complexity index is 379. The van der Waals surface area contributed by atoms with Gasteiger partial charge in [-0.1, -0.05) is 39.3 Å². The molecule has 0 aliphatic carbocycles. The molecule has 0 aliphatic heterocycles. The molecule has 1 nitrogen and oxygen atoms in total. The molecule has 0 N–H and O–H groups in total. The maximum atomic E-state index is 5.81. The molecule has 1 aromatic carbocycles. The van der Waals surface area contributed by atoms with E-state index in [-0.39, 0.29) is 5.92 Å². The van der Waals surface area contributed by atoms with Gasteiger partial charge in [-0.05, 0) is 42.5 Å². The number of hydrogen-bond donors (Lipinski definition) is 0. The van der Waals surface area contributed by atoms with Gasteiger partial charge in [0.25, 0.3) is 0 Å². The maximum Gasteiger partial charge on any atom is 0.119 e. The summed E-state index contributed by atoms with van der Waals surface area (Å²) in [5.41, 5.74) is 2.48. The fourth-order valence-electron chi connectivity index (χ4n) is 1.75. The summed E-state index contributed by atoms with van der Waals surface area (Å²) >= 11 is 0. The molecule has 1 unspecified atom stereocenters. The van der Waals surface area contributed by atoms with Crippen LogP contribution in [0.4, 0.5) is 0 Å². The highest BCUT2D eigenvalue weighted by Crippen LogP contribution is 2.27. The molecule has 1 radical (unpaired) electrons. The van der Waals surface area contributed by atoms with E-state index in [0.29, 0.717) is 5.92 Å². The second-order valence-electron chi connectivity index (χ2n) is 5.03. The highest BCUT2D eigenvalue weighted by Gasteiger charge is 2.08. The van der Waals surface area contributed by atoms with Crippen molar-refractivity contribution < 1.29 is 4.74 Å². The fourth-order valence-corrected chi connectivity index (χ4v) is 1.75. The van der Waals surface area contributed by atoms with Gasteiger partial charge in [0.1, 0.15) is 5.75 Å². The normalized spacial score (nSPS) is 12.5. The molecule has 18 heavy (non-hydrogen) atoms. The van der Waals surface area contributed by atoms with Gasteiger partial charge < -0.3 is 4.74 Å². The lowest BCUT2D eigenvalue weighted by atomic mass is 9.94. The summed E-state index contributed by atoms with van der Waals surface area (Å²) in [5.74, 6) is 1.58. The van der Waals surface area contributed by atoms with Crippen molar-refractivity contribution in [2.24, 2.45) is 0 Å². The number of rotatable bonds is 7. The van der Waals surface area contributed by atoms with Crippen LogP contribution < -0.4 is 4.74 Å². The Hall–Kier alpha value is -1.24. The Morgan fingerprint density at radius 2 is 1.89 bits per heavy atom. The third-order valence-electron chi connectivity index (χ3n) is 3.10. The van der Waals surface area contributed by atoms with Gasteiger partial charge in [0.2, 0.25) is 0 Å². The molecule has 0 aliphatic rings. The second kappa shape index (κ2) is 7.25. The first-order valence-electron chi connectivity index (χ1n) is 6.81. The molecular weight excluding hydrogens is 220 g/mol. The Labute approximate surface area is 112 Å². The zero-order valence-corrected chi connectivity index (χ0v) is 11.9. The van der Waals surface area contributed by atoms with E-state index in [1.807, 2.05) is 6.08 Å². The van der Waals surface area contributed by atoms with Crippen LogP contribution in [-0.2, 0) is 0 Å². The van der Waals surface area contributed by atoms with Crippen molar-refractivity contribution in [3.63, 3.8) is 0 Å². The minimum Gasteiger partial charge on any atom is -0.494 e. The summed E-state index contributed by atoms with van der Waals surface area (Å²) in [7, 11) is 0. The first-order chi connectivity index (χ1) is 8.58. The Kier molecular flexibility index (Phi) is 5.97. The fraction of sp³-hybridized carbons (Fsp3) is 0.471. The molecule has 0 heterocycles. The first kappa shape index (κ1) is 14.8. The summed E-state index contributed by atoms with van der Waals surface area (Å²) in [5, 5.41) is 0. The van der Waals surface area contributed by atoms with E-state index in [0.717, 1.165) is 25.2 Å². The number of hydrogen-bond acceptors (Lipinski definition) is 1.